The largest absolute Gasteiger partial charge is 0.383 e. The Morgan fingerprint density at radius 2 is 1.68 bits per heavy atom. The molecule has 0 amide bonds. The number of ether oxygens (including phenoxy) is 1. The third kappa shape index (κ3) is 2.63. The van der Waals surface area contributed by atoms with E-state index < -0.39 is 0 Å². The first-order valence-electron chi connectivity index (χ1n) is 8.17. The van der Waals surface area contributed by atoms with E-state index >= 15 is 0 Å². The molecular formula is C16H23N5O. The minimum atomic E-state index is 0.555. The molecule has 2 aliphatic heterocycles. The van der Waals surface area contributed by atoms with Crippen LogP contribution in [0.3, 0.4) is 0 Å². The van der Waals surface area contributed by atoms with E-state index in [-0.39, 0.29) is 0 Å². The van der Waals surface area contributed by atoms with E-state index in [0.717, 1.165) is 63.0 Å². The lowest BCUT2D eigenvalue weighted by atomic mass is 9.86. The van der Waals surface area contributed by atoms with Crippen molar-refractivity contribution in [1.29, 1.82) is 0 Å². The summed E-state index contributed by atoms with van der Waals surface area (Å²) >= 11 is 0. The highest BCUT2D eigenvalue weighted by Gasteiger charge is 2.33. The first-order chi connectivity index (χ1) is 10.8. The van der Waals surface area contributed by atoms with E-state index in [0.29, 0.717) is 5.82 Å². The monoisotopic (exact) mass is 301 g/mol. The number of hydrogen-bond donors (Lipinski definition) is 1. The van der Waals surface area contributed by atoms with E-state index in [1.165, 1.54) is 12.8 Å². The Morgan fingerprint density at radius 1 is 1.00 bits per heavy atom. The predicted octanol–water partition coefficient (Wildman–Crippen LogP) is 1.30. The van der Waals surface area contributed by atoms with Gasteiger partial charge in [-0.2, -0.15) is 9.97 Å². The van der Waals surface area contributed by atoms with Crippen LogP contribution in [0.5, 0.6) is 0 Å². The molecule has 4 rings (SSSR count). The van der Waals surface area contributed by atoms with Gasteiger partial charge in [0.25, 0.3) is 0 Å². The molecule has 0 aromatic carbocycles. The van der Waals surface area contributed by atoms with Gasteiger partial charge in [-0.3, -0.25) is 0 Å². The van der Waals surface area contributed by atoms with Crippen molar-refractivity contribution in [2.45, 2.75) is 12.8 Å². The number of morpholine rings is 1. The van der Waals surface area contributed by atoms with Crippen LogP contribution in [0.4, 0.5) is 17.6 Å². The van der Waals surface area contributed by atoms with Crippen molar-refractivity contribution >= 4 is 17.6 Å². The van der Waals surface area contributed by atoms with Crippen molar-refractivity contribution in [3.05, 3.63) is 18.2 Å². The van der Waals surface area contributed by atoms with Gasteiger partial charge in [0.15, 0.2) is 0 Å². The zero-order valence-corrected chi connectivity index (χ0v) is 12.8. The van der Waals surface area contributed by atoms with Gasteiger partial charge in [0.1, 0.15) is 11.6 Å². The number of nitrogens with zero attached hydrogens (tertiary/aromatic N) is 4. The van der Waals surface area contributed by atoms with E-state index in [2.05, 4.69) is 26.9 Å². The lowest BCUT2D eigenvalue weighted by molar-refractivity contribution is 0.122. The van der Waals surface area contributed by atoms with Crippen LogP contribution < -0.4 is 15.5 Å². The molecule has 1 aliphatic carbocycles. The molecule has 6 nitrogen and oxygen atoms in total. The Labute approximate surface area is 131 Å². The molecular weight excluding hydrogens is 278 g/mol. The van der Waals surface area contributed by atoms with Gasteiger partial charge < -0.3 is 20.3 Å². The smallest absolute Gasteiger partial charge is 0.229 e. The standard InChI is InChI=1S/C16H23N5O/c17-14-9-15(19-16(18-14)20-5-7-22-8-6-20)21-10-12-3-1-2-4-13(12)11-21/h1-2,9,12-13H,3-8,10-11H2,(H2,17,18,19)/t12-,13+. The van der Waals surface area contributed by atoms with Crippen molar-refractivity contribution in [2.24, 2.45) is 11.8 Å². The average molecular weight is 301 g/mol. The molecule has 0 unspecified atom stereocenters. The summed E-state index contributed by atoms with van der Waals surface area (Å²) in [5, 5.41) is 0. The number of rotatable bonds is 2. The second kappa shape index (κ2) is 5.76. The molecule has 0 spiro atoms. The van der Waals surface area contributed by atoms with Gasteiger partial charge in [-0.05, 0) is 24.7 Å². The molecule has 22 heavy (non-hydrogen) atoms. The molecule has 2 saturated heterocycles. The molecule has 3 heterocycles. The molecule has 0 saturated carbocycles. The van der Waals surface area contributed by atoms with E-state index in [1.807, 2.05) is 6.07 Å². The maximum Gasteiger partial charge on any atom is 0.229 e. The maximum atomic E-state index is 6.03. The molecule has 2 fully saturated rings. The molecule has 6 heteroatoms. The second-order valence-corrected chi connectivity index (χ2v) is 6.42. The summed E-state index contributed by atoms with van der Waals surface area (Å²) in [6.45, 7) is 5.28. The third-order valence-corrected chi connectivity index (χ3v) is 4.96. The van der Waals surface area contributed by atoms with E-state index in [1.54, 1.807) is 0 Å². The number of anilines is 3. The Balaban J connectivity index is 1.55. The van der Waals surface area contributed by atoms with Crippen molar-refractivity contribution < 1.29 is 4.74 Å². The fourth-order valence-electron chi connectivity index (χ4n) is 3.71. The first kappa shape index (κ1) is 13.8. The molecule has 118 valence electrons. The van der Waals surface area contributed by atoms with Gasteiger partial charge in [0.2, 0.25) is 5.95 Å². The van der Waals surface area contributed by atoms with Crippen LogP contribution in [0.15, 0.2) is 18.2 Å². The summed E-state index contributed by atoms with van der Waals surface area (Å²) in [5.41, 5.74) is 6.03. The Hall–Kier alpha value is -1.82. The first-order valence-corrected chi connectivity index (χ1v) is 8.17. The Morgan fingerprint density at radius 3 is 2.36 bits per heavy atom. The van der Waals surface area contributed by atoms with Gasteiger partial charge in [0.05, 0.1) is 13.2 Å². The minimum absolute atomic E-state index is 0.555. The normalized spacial score (nSPS) is 28.0. The van der Waals surface area contributed by atoms with Crippen molar-refractivity contribution in [1.82, 2.24) is 9.97 Å². The van der Waals surface area contributed by atoms with Crippen LogP contribution in [0.2, 0.25) is 0 Å². The number of fused-ring (bicyclic) bond motifs is 1. The quantitative estimate of drug-likeness (QED) is 0.831. The Bertz CT molecular complexity index is 554. The van der Waals surface area contributed by atoms with E-state index in [9.17, 15) is 0 Å². The highest BCUT2D eigenvalue weighted by molar-refractivity contribution is 5.53. The number of nitrogen functional groups attached to an aromatic ring is 1. The molecule has 0 bridgehead atoms. The van der Waals surface area contributed by atoms with Gasteiger partial charge in [-0.15, -0.1) is 0 Å². The molecule has 0 radical (unpaired) electrons. The average Bonchev–Trinajstić information content (AvgIpc) is 2.99. The lowest BCUT2D eigenvalue weighted by Gasteiger charge is -2.28. The summed E-state index contributed by atoms with van der Waals surface area (Å²) in [6.07, 6.45) is 7.02. The fourth-order valence-corrected chi connectivity index (χ4v) is 3.71. The molecule has 1 aromatic rings. The zero-order chi connectivity index (χ0) is 14.9. The SMILES string of the molecule is Nc1cc(N2C[C@H]3CC=CC[C@H]3C2)nc(N2CCOCC2)n1. The number of aromatic nitrogens is 2. The van der Waals surface area contributed by atoms with Crippen LogP contribution >= 0.6 is 0 Å². The van der Waals surface area contributed by atoms with Gasteiger partial charge in [-0.1, -0.05) is 12.2 Å². The maximum absolute atomic E-state index is 6.03. The molecule has 1 aromatic heterocycles. The third-order valence-electron chi connectivity index (χ3n) is 4.96. The summed E-state index contributed by atoms with van der Waals surface area (Å²) in [7, 11) is 0. The number of hydrogen-bond acceptors (Lipinski definition) is 6. The summed E-state index contributed by atoms with van der Waals surface area (Å²) in [6, 6.07) is 1.91. The summed E-state index contributed by atoms with van der Waals surface area (Å²) < 4.78 is 5.40. The van der Waals surface area contributed by atoms with Gasteiger partial charge in [-0.25, -0.2) is 0 Å². The van der Waals surface area contributed by atoms with E-state index in [4.69, 9.17) is 15.5 Å². The van der Waals surface area contributed by atoms with Crippen LogP contribution in [-0.2, 0) is 4.74 Å². The highest BCUT2D eigenvalue weighted by atomic mass is 16.5. The Kier molecular flexibility index (Phi) is 3.62. The van der Waals surface area contributed by atoms with Crippen LogP contribution in [0.25, 0.3) is 0 Å². The highest BCUT2D eigenvalue weighted by Crippen LogP contribution is 2.35. The number of allylic oxidation sites excluding steroid dienone is 2. The molecule has 2 N–H and O–H groups in total. The molecule has 3 aliphatic rings. The number of nitrogens with two attached hydrogens (primary N) is 1. The van der Waals surface area contributed by atoms with Crippen LogP contribution in [-0.4, -0.2) is 49.4 Å². The summed E-state index contributed by atoms with van der Waals surface area (Å²) in [4.78, 5) is 13.7. The van der Waals surface area contributed by atoms with Gasteiger partial charge >= 0.3 is 0 Å². The lowest BCUT2D eigenvalue weighted by Crippen LogP contribution is -2.37. The minimum Gasteiger partial charge on any atom is -0.383 e. The second-order valence-electron chi connectivity index (χ2n) is 6.42. The topological polar surface area (TPSA) is 67.5 Å². The summed E-state index contributed by atoms with van der Waals surface area (Å²) in [5.74, 6) is 3.79. The van der Waals surface area contributed by atoms with Crippen molar-refractivity contribution in [3.8, 4) is 0 Å². The zero-order valence-electron chi connectivity index (χ0n) is 12.8. The van der Waals surface area contributed by atoms with Crippen molar-refractivity contribution in [3.63, 3.8) is 0 Å². The fraction of sp³-hybridized carbons (Fsp3) is 0.625. The van der Waals surface area contributed by atoms with Crippen LogP contribution in [0, 0.1) is 11.8 Å². The van der Waals surface area contributed by atoms with Crippen LogP contribution in [0.1, 0.15) is 12.8 Å². The predicted molar refractivity (Wildman–Crippen MR) is 87.0 cm³/mol. The van der Waals surface area contributed by atoms with Crippen molar-refractivity contribution in [2.75, 3.05) is 54.9 Å². The van der Waals surface area contributed by atoms with Gasteiger partial charge in [0, 0.05) is 32.2 Å². The molecule has 2 atom stereocenters.